The lowest BCUT2D eigenvalue weighted by atomic mass is 9.91. The van der Waals surface area contributed by atoms with Crippen LogP contribution in [0.15, 0.2) is 48.5 Å². The van der Waals surface area contributed by atoms with Crippen LogP contribution in [0.1, 0.15) is 30.4 Å². The summed E-state index contributed by atoms with van der Waals surface area (Å²) in [6.07, 6.45) is 3.21. The zero-order valence-corrected chi connectivity index (χ0v) is 19.4. The van der Waals surface area contributed by atoms with Crippen LogP contribution in [-0.2, 0) is 27.3 Å². The molecule has 2 heterocycles. The fourth-order valence-corrected chi connectivity index (χ4v) is 4.52. The van der Waals surface area contributed by atoms with Crippen LogP contribution in [0.25, 0.3) is 0 Å². The van der Waals surface area contributed by atoms with Crippen LogP contribution in [0.2, 0.25) is 0 Å². The lowest BCUT2D eigenvalue weighted by Crippen LogP contribution is -2.61. The Morgan fingerprint density at radius 2 is 1.94 bits per heavy atom. The van der Waals surface area contributed by atoms with Gasteiger partial charge in [-0.1, -0.05) is 30.3 Å². The molecule has 0 aliphatic carbocycles. The van der Waals surface area contributed by atoms with Gasteiger partial charge in [0, 0.05) is 19.6 Å². The standard InChI is InChI=1S/C26H32FN3O4/c27-22-10-8-20(9-11-22)17-29-24(31)18-30-14-16-34-26(19-30)12-4-3-6-21-5-1-2-7-23(21)33-15-13-28-25(26)32/h1-2,5,7-11H,3-4,6,12-19H2,(H,28,32)(H,29,31). The summed E-state index contributed by atoms with van der Waals surface area (Å²) in [6.45, 7) is 2.60. The van der Waals surface area contributed by atoms with E-state index >= 15 is 0 Å². The number of carbonyl (C=O) groups excluding carboxylic acids is 2. The van der Waals surface area contributed by atoms with Gasteiger partial charge >= 0.3 is 0 Å². The number of hydrogen-bond acceptors (Lipinski definition) is 5. The van der Waals surface area contributed by atoms with E-state index in [1.54, 1.807) is 12.1 Å². The second-order valence-corrected chi connectivity index (χ2v) is 8.88. The van der Waals surface area contributed by atoms with Gasteiger partial charge in [0.2, 0.25) is 5.91 Å². The first-order chi connectivity index (χ1) is 16.5. The topological polar surface area (TPSA) is 79.9 Å². The van der Waals surface area contributed by atoms with Gasteiger partial charge in [0.15, 0.2) is 5.60 Å². The molecule has 182 valence electrons. The van der Waals surface area contributed by atoms with Crippen molar-refractivity contribution in [2.24, 2.45) is 0 Å². The van der Waals surface area contributed by atoms with Crippen LogP contribution in [-0.4, -0.2) is 61.7 Å². The number of rotatable bonds is 4. The normalized spacial score (nSPS) is 22.0. The van der Waals surface area contributed by atoms with Crippen molar-refractivity contribution in [1.29, 1.82) is 0 Å². The maximum Gasteiger partial charge on any atom is 0.253 e. The van der Waals surface area contributed by atoms with E-state index in [2.05, 4.69) is 16.7 Å². The Labute approximate surface area is 199 Å². The molecule has 1 saturated heterocycles. The van der Waals surface area contributed by atoms with Crippen LogP contribution in [0.4, 0.5) is 4.39 Å². The van der Waals surface area contributed by atoms with Crippen LogP contribution < -0.4 is 15.4 Å². The highest BCUT2D eigenvalue weighted by Gasteiger charge is 2.43. The van der Waals surface area contributed by atoms with E-state index in [-0.39, 0.29) is 24.2 Å². The van der Waals surface area contributed by atoms with Crippen molar-refractivity contribution in [2.75, 3.05) is 39.4 Å². The predicted octanol–water partition coefficient (Wildman–Crippen LogP) is 2.43. The number of morpholine rings is 1. The molecule has 34 heavy (non-hydrogen) atoms. The minimum Gasteiger partial charge on any atom is -0.491 e. The predicted molar refractivity (Wildman–Crippen MR) is 126 cm³/mol. The molecule has 8 heteroatoms. The van der Waals surface area contributed by atoms with Gasteiger partial charge in [-0.05, 0) is 55.0 Å². The monoisotopic (exact) mass is 469 g/mol. The molecule has 0 aromatic heterocycles. The van der Waals surface area contributed by atoms with E-state index in [0.717, 1.165) is 30.6 Å². The van der Waals surface area contributed by atoms with E-state index < -0.39 is 5.60 Å². The van der Waals surface area contributed by atoms with Gasteiger partial charge in [0.25, 0.3) is 5.91 Å². The Morgan fingerprint density at radius 1 is 1.12 bits per heavy atom. The summed E-state index contributed by atoms with van der Waals surface area (Å²) in [7, 11) is 0. The number of hydrogen-bond donors (Lipinski definition) is 2. The number of benzene rings is 2. The highest BCUT2D eigenvalue weighted by molar-refractivity contribution is 5.86. The first-order valence-corrected chi connectivity index (χ1v) is 11.9. The average molecular weight is 470 g/mol. The summed E-state index contributed by atoms with van der Waals surface area (Å²) in [5, 5.41) is 5.84. The lowest BCUT2D eigenvalue weighted by Gasteiger charge is -2.41. The molecule has 0 saturated carbocycles. The zero-order chi connectivity index (χ0) is 23.8. The Morgan fingerprint density at radius 3 is 2.79 bits per heavy atom. The van der Waals surface area contributed by atoms with E-state index in [1.807, 2.05) is 23.1 Å². The molecule has 0 radical (unpaired) electrons. The molecule has 2 aromatic rings. The molecular formula is C26H32FN3O4. The van der Waals surface area contributed by atoms with E-state index in [9.17, 15) is 14.0 Å². The fourth-order valence-electron chi connectivity index (χ4n) is 4.52. The zero-order valence-electron chi connectivity index (χ0n) is 19.4. The molecule has 7 nitrogen and oxygen atoms in total. The highest BCUT2D eigenvalue weighted by atomic mass is 19.1. The third-order valence-electron chi connectivity index (χ3n) is 6.34. The largest absolute Gasteiger partial charge is 0.491 e. The van der Waals surface area contributed by atoms with Crippen molar-refractivity contribution < 1.29 is 23.5 Å². The minimum absolute atomic E-state index is 0.139. The number of ether oxygens (including phenoxy) is 2. The summed E-state index contributed by atoms with van der Waals surface area (Å²) < 4.78 is 25.0. The molecule has 2 aliphatic rings. The Hall–Kier alpha value is -2.97. The second-order valence-electron chi connectivity index (χ2n) is 8.88. The van der Waals surface area contributed by atoms with Crippen molar-refractivity contribution in [1.82, 2.24) is 15.5 Å². The van der Waals surface area contributed by atoms with Crippen LogP contribution in [0.3, 0.4) is 0 Å². The van der Waals surface area contributed by atoms with Crippen molar-refractivity contribution in [3.05, 3.63) is 65.5 Å². The third kappa shape index (κ3) is 6.33. The van der Waals surface area contributed by atoms with Crippen LogP contribution in [0, 0.1) is 5.82 Å². The number of nitrogens with zero attached hydrogens (tertiary/aromatic N) is 1. The number of fused-ring (bicyclic) bond motifs is 1. The van der Waals surface area contributed by atoms with Crippen molar-refractivity contribution in [2.45, 2.75) is 37.8 Å². The van der Waals surface area contributed by atoms with E-state index in [0.29, 0.717) is 45.8 Å². The van der Waals surface area contributed by atoms with Gasteiger partial charge in [-0.3, -0.25) is 14.5 Å². The minimum atomic E-state index is -0.978. The molecule has 4 rings (SSSR count). The van der Waals surface area contributed by atoms with Crippen molar-refractivity contribution in [3.8, 4) is 5.75 Å². The Kier molecular flexibility index (Phi) is 8.13. The number of nitrogens with one attached hydrogen (secondary N) is 2. The molecule has 2 N–H and O–H groups in total. The molecule has 1 atom stereocenters. The molecular weight excluding hydrogens is 437 g/mol. The van der Waals surface area contributed by atoms with Gasteiger partial charge in [-0.15, -0.1) is 0 Å². The van der Waals surface area contributed by atoms with Gasteiger partial charge in [-0.2, -0.15) is 0 Å². The maximum atomic E-state index is 13.2. The van der Waals surface area contributed by atoms with E-state index in [4.69, 9.17) is 9.47 Å². The van der Waals surface area contributed by atoms with Crippen molar-refractivity contribution in [3.63, 3.8) is 0 Å². The van der Waals surface area contributed by atoms with Gasteiger partial charge < -0.3 is 20.1 Å². The molecule has 0 bridgehead atoms. The first kappa shape index (κ1) is 24.2. The molecule has 1 spiro atoms. The smallest absolute Gasteiger partial charge is 0.253 e. The molecule has 2 aromatic carbocycles. The lowest BCUT2D eigenvalue weighted by molar-refractivity contribution is -0.163. The SMILES string of the molecule is O=C(CN1CCOC2(CCCCc3ccccc3OCCNC2=O)C1)NCc1ccc(F)cc1. The summed E-state index contributed by atoms with van der Waals surface area (Å²) in [5.74, 6) is 0.278. The number of halogens is 1. The summed E-state index contributed by atoms with van der Waals surface area (Å²) in [4.78, 5) is 27.7. The number of para-hydroxylation sites is 1. The first-order valence-electron chi connectivity index (χ1n) is 11.9. The fraction of sp³-hybridized carbons (Fsp3) is 0.462. The van der Waals surface area contributed by atoms with Crippen molar-refractivity contribution >= 4 is 11.8 Å². The molecule has 1 fully saturated rings. The molecule has 2 aliphatic heterocycles. The summed E-state index contributed by atoms with van der Waals surface area (Å²) in [6, 6.07) is 14.1. The number of aryl methyl sites for hydroxylation is 1. The van der Waals surface area contributed by atoms with Gasteiger partial charge in [0.05, 0.1) is 19.7 Å². The van der Waals surface area contributed by atoms with Gasteiger partial charge in [0.1, 0.15) is 18.2 Å². The third-order valence-corrected chi connectivity index (χ3v) is 6.34. The van der Waals surface area contributed by atoms with E-state index in [1.165, 1.54) is 17.7 Å². The molecule has 2 amide bonds. The summed E-state index contributed by atoms with van der Waals surface area (Å²) >= 11 is 0. The van der Waals surface area contributed by atoms with Gasteiger partial charge in [-0.25, -0.2) is 4.39 Å². The Balaban J connectivity index is 1.35. The molecule has 1 unspecified atom stereocenters. The number of carbonyl (C=O) groups is 2. The van der Waals surface area contributed by atoms with Crippen LogP contribution >= 0.6 is 0 Å². The number of amides is 2. The summed E-state index contributed by atoms with van der Waals surface area (Å²) in [5.41, 5.74) is 1.02. The maximum absolute atomic E-state index is 13.2. The quantitative estimate of drug-likeness (QED) is 0.719. The second kappa shape index (κ2) is 11.4. The Bertz CT molecular complexity index is 984. The highest BCUT2D eigenvalue weighted by Crippen LogP contribution is 2.27. The van der Waals surface area contributed by atoms with Crippen LogP contribution in [0.5, 0.6) is 5.75 Å². The average Bonchev–Trinajstić information content (AvgIpc) is 2.84.